The summed E-state index contributed by atoms with van der Waals surface area (Å²) in [6, 6.07) is 9.26. The van der Waals surface area contributed by atoms with Crippen LogP contribution in [0.25, 0.3) is 11.2 Å². The highest BCUT2D eigenvalue weighted by Gasteiger charge is 2.22. The number of rotatable bonds is 6. The fourth-order valence-corrected chi connectivity index (χ4v) is 3.10. The Bertz CT molecular complexity index is 1010. The molecule has 0 aliphatic rings. The van der Waals surface area contributed by atoms with Gasteiger partial charge in [0.05, 0.1) is 12.6 Å². The molecule has 0 aliphatic carbocycles. The molecule has 0 saturated heterocycles. The predicted molar refractivity (Wildman–Crippen MR) is 101 cm³/mol. The largest absolute Gasteiger partial charge is 0.387 e. The number of nitrogens with zero attached hydrogens (tertiary/aromatic N) is 4. The van der Waals surface area contributed by atoms with E-state index < -0.39 is 17.4 Å². The molecule has 0 radical (unpaired) electrons. The molecule has 138 valence electrons. The lowest BCUT2D eigenvalue weighted by Gasteiger charge is -2.22. The van der Waals surface area contributed by atoms with Gasteiger partial charge in [-0.25, -0.2) is 4.79 Å². The molecule has 8 nitrogen and oxygen atoms in total. The molecule has 2 N–H and O–H groups in total. The van der Waals surface area contributed by atoms with Crippen molar-refractivity contribution in [3.05, 3.63) is 56.7 Å². The van der Waals surface area contributed by atoms with Gasteiger partial charge in [-0.2, -0.15) is 4.98 Å². The van der Waals surface area contributed by atoms with Crippen LogP contribution in [0.3, 0.4) is 0 Å². The number of aliphatic hydroxyl groups is 1. The van der Waals surface area contributed by atoms with Gasteiger partial charge in [0, 0.05) is 20.1 Å². The van der Waals surface area contributed by atoms with E-state index in [9.17, 15) is 14.7 Å². The zero-order valence-corrected chi connectivity index (χ0v) is 15.1. The van der Waals surface area contributed by atoms with E-state index in [4.69, 9.17) is 0 Å². The van der Waals surface area contributed by atoms with Gasteiger partial charge in [-0.3, -0.25) is 14.3 Å². The van der Waals surface area contributed by atoms with Crippen molar-refractivity contribution >= 4 is 17.1 Å². The van der Waals surface area contributed by atoms with E-state index >= 15 is 0 Å². The van der Waals surface area contributed by atoms with Crippen LogP contribution in [0, 0.1) is 0 Å². The van der Waals surface area contributed by atoms with E-state index in [0.29, 0.717) is 24.7 Å². The molecule has 0 spiro atoms. The van der Waals surface area contributed by atoms with Gasteiger partial charge in [0.15, 0.2) is 11.2 Å². The van der Waals surface area contributed by atoms with E-state index in [1.54, 1.807) is 11.6 Å². The van der Waals surface area contributed by atoms with Crippen LogP contribution in [0.4, 0.5) is 5.95 Å². The molecule has 0 bridgehead atoms. The van der Waals surface area contributed by atoms with E-state index in [2.05, 4.69) is 9.97 Å². The van der Waals surface area contributed by atoms with Gasteiger partial charge in [0.2, 0.25) is 5.95 Å². The van der Waals surface area contributed by atoms with Crippen LogP contribution in [0.2, 0.25) is 0 Å². The number of aryl methyl sites for hydroxylation is 1. The third kappa shape index (κ3) is 3.03. The second-order valence-electron chi connectivity index (χ2n) is 6.11. The Hall–Kier alpha value is -2.87. The first-order valence-corrected chi connectivity index (χ1v) is 8.65. The SMILES string of the molecule is CCN(CC)c1nc2c(c(=O)[nH]c(=O)n2C)n1C[C@@H](O)c1ccccc1. The first kappa shape index (κ1) is 17.9. The maximum atomic E-state index is 12.5. The van der Waals surface area contributed by atoms with Crippen molar-refractivity contribution in [1.82, 2.24) is 19.1 Å². The molecule has 0 fully saturated rings. The molecule has 3 rings (SSSR count). The summed E-state index contributed by atoms with van der Waals surface area (Å²) in [6.45, 7) is 5.52. The van der Waals surface area contributed by atoms with Crippen molar-refractivity contribution in [2.45, 2.75) is 26.5 Å². The number of fused-ring (bicyclic) bond motifs is 1. The standard InChI is InChI=1S/C18H23N5O3/c1-4-22(5-2)17-19-15-14(16(25)20-18(26)21(15)3)23(17)11-13(24)12-9-7-6-8-10-12/h6-10,13,24H,4-5,11H2,1-3H3,(H,20,25,26)/t13-/m1/s1. The lowest BCUT2D eigenvalue weighted by molar-refractivity contribution is 0.158. The molecule has 2 aromatic heterocycles. The average molecular weight is 357 g/mol. The topological polar surface area (TPSA) is 96.2 Å². The number of H-pyrrole nitrogens is 1. The molecular formula is C18H23N5O3. The summed E-state index contributed by atoms with van der Waals surface area (Å²) in [5, 5.41) is 10.7. The van der Waals surface area contributed by atoms with E-state index in [1.807, 2.05) is 49.1 Å². The van der Waals surface area contributed by atoms with Crippen molar-refractivity contribution in [3.8, 4) is 0 Å². The van der Waals surface area contributed by atoms with Crippen LogP contribution < -0.4 is 16.1 Å². The summed E-state index contributed by atoms with van der Waals surface area (Å²) in [4.78, 5) is 33.2. The minimum Gasteiger partial charge on any atom is -0.387 e. The van der Waals surface area contributed by atoms with Crippen LogP contribution in [0.15, 0.2) is 39.9 Å². The summed E-state index contributed by atoms with van der Waals surface area (Å²) < 4.78 is 3.01. The number of imidazole rings is 1. The summed E-state index contributed by atoms with van der Waals surface area (Å²) >= 11 is 0. The quantitative estimate of drug-likeness (QED) is 0.686. The van der Waals surface area contributed by atoms with E-state index in [-0.39, 0.29) is 12.1 Å². The lowest BCUT2D eigenvalue weighted by atomic mass is 10.1. The third-order valence-electron chi connectivity index (χ3n) is 4.57. The zero-order chi connectivity index (χ0) is 18.8. The van der Waals surface area contributed by atoms with Gasteiger partial charge in [-0.05, 0) is 19.4 Å². The highest BCUT2D eigenvalue weighted by atomic mass is 16.3. The van der Waals surface area contributed by atoms with Crippen LogP contribution >= 0.6 is 0 Å². The Morgan fingerprint density at radius 2 is 1.85 bits per heavy atom. The molecule has 1 aromatic carbocycles. The molecule has 0 amide bonds. The Kier molecular flexibility index (Phi) is 4.94. The first-order chi connectivity index (χ1) is 12.5. The molecule has 0 unspecified atom stereocenters. The fraction of sp³-hybridized carbons (Fsp3) is 0.389. The highest BCUT2D eigenvalue weighted by molar-refractivity contribution is 5.74. The smallest absolute Gasteiger partial charge is 0.329 e. The normalized spacial score (nSPS) is 12.5. The average Bonchev–Trinajstić information content (AvgIpc) is 3.01. The lowest BCUT2D eigenvalue weighted by Crippen LogP contribution is -2.30. The molecule has 8 heteroatoms. The molecule has 2 heterocycles. The number of anilines is 1. The molecule has 26 heavy (non-hydrogen) atoms. The van der Waals surface area contributed by atoms with E-state index in [0.717, 1.165) is 5.56 Å². The second-order valence-corrected chi connectivity index (χ2v) is 6.11. The van der Waals surface area contributed by atoms with Crippen LogP contribution in [-0.2, 0) is 13.6 Å². The van der Waals surface area contributed by atoms with Crippen molar-refractivity contribution in [3.63, 3.8) is 0 Å². The van der Waals surface area contributed by atoms with Crippen molar-refractivity contribution in [2.24, 2.45) is 7.05 Å². The number of aromatic amines is 1. The summed E-state index contributed by atoms with van der Waals surface area (Å²) in [6.07, 6.45) is -0.806. The van der Waals surface area contributed by atoms with Crippen molar-refractivity contribution in [2.75, 3.05) is 18.0 Å². The monoisotopic (exact) mass is 357 g/mol. The van der Waals surface area contributed by atoms with Gasteiger partial charge < -0.3 is 14.6 Å². The zero-order valence-electron chi connectivity index (χ0n) is 15.1. The number of benzene rings is 1. The Labute approximate surface area is 150 Å². The van der Waals surface area contributed by atoms with E-state index in [1.165, 1.54) is 4.57 Å². The van der Waals surface area contributed by atoms with Crippen LogP contribution in [-0.4, -0.2) is 37.3 Å². The Morgan fingerprint density at radius 1 is 1.19 bits per heavy atom. The fourth-order valence-electron chi connectivity index (χ4n) is 3.10. The van der Waals surface area contributed by atoms with Gasteiger partial charge in [-0.1, -0.05) is 30.3 Å². The molecule has 1 atom stereocenters. The molecule has 0 aliphatic heterocycles. The third-order valence-corrected chi connectivity index (χ3v) is 4.57. The maximum Gasteiger partial charge on any atom is 0.329 e. The van der Waals surface area contributed by atoms with Gasteiger partial charge >= 0.3 is 5.69 Å². The molecular weight excluding hydrogens is 334 g/mol. The Morgan fingerprint density at radius 3 is 2.46 bits per heavy atom. The summed E-state index contributed by atoms with van der Waals surface area (Å²) in [7, 11) is 1.57. The predicted octanol–water partition coefficient (Wildman–Crippen LogP) is 1.00. The Balaban J connectivity index is 2.21. The second kappa shape index (κ2) is 7.17. The number of aliphatic hydroxyl groups excluding tert-OH is 1. The summed E-state index contributed by atoms with van der Waals surface area (Å²) in [5.74, 6) is 0.562. The minimum absolute atomic E-state index is 0.160. The number of nitrogens with one attached hydrogen (secondary N) is 1. The highest BCUT2D eigenvalue weighted by Crippen LogP contribution is 2.23. The van der Waals surface area contributed by atoms with Gasteiger partial charge in [0.1, 0.15) is 0 Å². The van der Waals surface area contributed by atoms with Crippen LogP contribution in [0.5, 0.6) is 0 Å². The van der Waals surface area contributed by atoms with Crippen molar-refractivity contribution < 1.29 is 5.11 Å². The number of aromatic nitrogens is 4. The molecule has 3 aromatic rings. The first-order valence-electron chi connectivity index (χ1n) is 8.65. The minimum atomic E-state index is -0.806. The maximum absolute atomic E-state index is 12.5. The molecule has 0 saturated carbocycles. The van der Waals surface area contributed by atoms with Crippen LogP contribution in [0.1, 0.15) is 25.5 Å². The van der Waals surface area contributed by atoms with Crippen molar-refractivity contribution in [1.29, 1.82) is 0 Å². The number of hydrogen-bond acceptors (Lipinski definition) is 5. The number of hydrogen-bond donors (Lipinski definition) is 2. The van der Waals surface area contributed by atoms with Gasteiger partial charge in [0.25, 0.3) is 5.56 Å². The summed E-state index contributed by atoms with van der Waals surface area (Å²) in [5.41, 5.74) is 0.321. The van der Waals surface area contributed by atoms with Gasteiger partial charge in [-0.15, -0.1) is 0 Å².